The van der Waals surface area contributed by atoms with E-state index in [-0.39, 0.29) is 18.4 Å². The summed E-state index contributed by atoms with van der Waals surface area (Å²) in [5, 5.41) is 21.2. The molecule has 0 saturated carbocycles. The molecule has 1 aromatic carbocycles. The Bertz CT molecular complexity index is 1420. The molecule has 0 spiro atoms. The number of fused-ring (bicyclic) bond motifs is 1. The summed E-state index contributed by atoms with van der Waals surface area (Å²) in [6.07, 6.45) is 3.33. The highest BCUT2D eigenvalue weighted by molar-refractivity contribution is 8.30. The summed E-state index contributed by atoms with van der Waals surface area (Å²) in [7, 11) is 1.90. The van der Waals surface area contributed by atoms with Crippen LogP contribution in [0.5, 0.6) is 0 Å². The molecule has 2 aliphatic rings. The van der Waals surface area contributed by atoms with Gasteiger partial charge in [0, 0.05) is 11.9 Å². The Labute approximate surface area is 204 Å². The molecule has 0 bridgehead atoms. The molecule has 0 atom stereocenters. The molecule has 1 saturated heterocycles. The van der Waals surface area contributed by atoms with Gasteiger partial charge in [0.2, 0.25) is 0 Å². The monoisotopic (exact) mass is 520 g/mol. The van der Waals surface area contributed by atoms with E-state index < -0.39 is 36.5 Å². The fraction of sp³-hybridized carbons (Fsp3) is 0.150. The number of carboxylic acid groups (broad SMARTS) is 2. The Hall–Kier alpha value is -2.87. The number of thiocarbonyl (C=S) groups is 1. The minimum absolute atomic E-state index is 0.0108. The van der Waals surface area contributed by atoms with Gasteiger partial charge in [-0.1, -0.05) is 47.9 Å². The first-order valence-electron chi connectivity index (χ1n) is 9.29. The molecule has 33 heavy (non-hydrogen) atoms. The molecule has 4 rings (SSSR count). The third-order valence-corrected chi connectivity index (χ3v) is 8.58. The predicted octanol–water partition coefficient (Wildman–Crippen LogP) is -0.423. The summed E-state index contributed by atoms with van der Waals surface area (Å²) in [4.78, 5) is 52.0. The van der Waals surface area contributed by atoms with Crippen molar-refractivity contribution in [3.8, 4) is 0 Å². The first-order valence-corrected chi connectivity index (χ1v) is 12.1. The maximum atomic E-state index is 13.0. The van der Waals surface area contributed by atoms with Gasteiger partial charge in [-0.2, -0.15) is 0 Å². The number of aromatic nitrogens is 1. The Balaban J connectivity index is 1.82. The van der Waals surface area contributed by atoms with Gasteiger partial charge in [0.1, 0.15) is 20.4 Å². The number of carboxylic acids is 2. The number of rotatable bonds is 5. The smallest absolute Gasteiger partial charge is 0.323 e. The highest BCUT2D eigenvalue weighted by Crippen LogP contribution is 2.44. The number of aliphatic carboxylic acids is 2. The van der Waals surface area contributed by atoms with Gasteiger partial charge in [0.05, 0.1) is 27.8 Å². The largest absolute Gasteiger partial charge is 0.548 e. The van der Waals surface area contributed by atoms with Crippen LogP contribution < -0.4 is 24.8 Å². The van der Waals surface area contributed by atoms with Crippen molar-refractivity contribution in [1.82, 2.24) is 9.47 Å². The van der Waals surface area contributed by atoms with Crippen LogP contribution in [-0.4, -0.2) is 50.3 Å². The molecular weight excluding hydrogens is 507 g/mol. The lowest BCUT2D eigenvalue weighted by Gasteiger charge is -2.12. The van der Waals surface area contributed by atoms with Gasteiger partial charge in [-0.3, -0.25) is 23.9 Å². The fourth-order valence-corrected chi connectivity index (χ4v) is 6.69. The number of carbonyl (C=O) groups excluding carboxylic acids is 2. The number of para-hydroxylation sites is 1. The van der Waals surface area contributed by atoms with E-state index in [4.69, 9.17) is 17.3 Å². The number of carbonyl (C=O) groups is 3. The molecule has 170 valence electrons. The van der Waals surface area contributed by atoms with Crippen molar-refractivity contribution in [3.63, 3.8) is 0 Å². The molecule has 2 aliphatic heterocycles. The molecule has 1 aromatic heterocycles. The van der Waals surface area contributed by atoms with Gasteiger partial charge in [0.15, 0.2) is 0 Å². The van der Waals surface area contributed by atoms with E-state index in [1.54, 1.807) is 12.2 Å². The van der Waals surface area contributed by atoms with Gasteiger partial charge in [-0.15, -0.1) is 11.3 Å². The number of hydrogen-bond acceptors (Lipinski definition) is 10. The zero-order chi connectivity index (χ0) is 23.9. The number of thioether (sulfide) groups is 2. The molecule has 9 nitrogen and oxygen atoms in total. The van der Waals surface area contributed by atoms with Crippen LogP contribution in [-0.2, 0) is 20.9 Å². The molecule has 0 aliphatic carbocycles. The van der Waals surface area contributed by atoms with Crippen molar-refractivity contribution in [1.29, 1.82) is 0 Å². The Kier molecular flexibility index (Phi) is 6.47. The van der Waals surface area contributed by atoms with E-state index in [2.05, 4.69) is 0 Å². The number of anilines is 1. The van der Waals surface area contributed by atoms with Crippen molar-refractivity contribution in [2.45, 2.75) is 11.4 Å². The maximum absolute atomic E-state index is 13.0. The van der Waals surface area contributed by atoms with Crippen molar-refractivity contribution in [3.05, 3.63) is 54.9 Å². The summed E-state index contributed by atoms with van der Waals surface area (Å²) in [5.74, 6) is -3.43. The van der Waals surface area contributed by atoms with Gasteiger partial charge < -0.3 is 19.9 Å². The van der Waals surface area contributed by atoms with Gasteiger partial charge in [-0.25, -0.2) is 0 Å². The Morgan fingerprint density at radius 3 is 2.55 bits per heavy atom. The minimum Gasteiger partial charge on any atom is -0.548 e. The third kappa shape index (κ3) is 4.49. The lowest BCUT2D eigenvalue weighted by molar-refractivity contribution is -0.306. The van der Waals surface area contributed by atoms with Crippen molar-refractivity contribution in [2.75, 3.05) is 18.5 Å². The van der Waals surface area contributed by atoms with Crippen LogP contribution in [0.3, 0.4) is 0 Å². The van der Waals surface area contributed by atoms with Crippen LogP contribution in [0.25, 0.3) is 11.0 Å². The summed E-state index contributed by atoms with van der Waals surface area (Å²) >= 11 is 8.40. The van der Waals surface area contributed by atoms with Crippen molar-refractivity contribution in [2.24, 2.45) is 0 Å². The van der Waals surface area contributed by atoms with E-state index in [9.17, 15) is 24.3 Å². The normalized spacial score (nSPS) is 19.1. The number of allylic oxidation sites excluding steroid dienone is 1. The Morgan fingerprint density at radius 1 is 1.15 bits per heavy atom. The van der Waals surface area contributed by atoms with Crippen molar-refractivity contribution >= 4 is 85.9 Å². The van der Waals surface area contributed by atoms with Gasteiger partial charge >= 0.3 is 5.97 Å². The number of amides is 1. The maximum Gasteiger partial charge on any atom is 0.323 e. The third-order valence-electron chi connectivity index (χ3n) is 4.68. The van der Waals surface area contributed by atoms with Crippen LogP contribution in [0, 0.1) is 0 Å². The average Bonchev–Trinajstić information content (AvgIpc) is 3.34. The first kappa shape index (κ1) is 23.3. The summed E-state index contributed by atoms with van der Waals surface area (Å²) in [6.45, 7) is -1.38. The summed E-state index contributed by atoms with van der Waals surface area (Å²) < 4.78 is 1.27. The fourth-order valence-electron chi connectivity index (χ4n) is 3.19. The molecule has 13 heteroatoms. The Morgan fingerprint density at radius 2 is 1.88 bits per heavy atom. The van der Waals surface area contributed by atoms with E-state index in [1.807, 2.05) is 36.2 Å². The zero-order valence-electron chi connectivity index (χ0n) is 16.8. The second-order valence-electron chi connectivity index (χ2n) is 6.82. The molecular formula is C20H14N3O6S4-. The lowest BCUT2D eigenvalue weighted by Crippen LogP contribution is -2.40. The SMILES string of the molecule is CN1C(=CC=c2s/c(=C3\SC(=S)N(CC(=O)O)C3=O)n(CC(=O)[O-])c2=O)Sc2ccccc21. The van der Waals surface area contributed by atoms with E-state index in [0.29, 0.717) is 0 Å². The van der Waals surface area contributed by atoms with Crippen LogP contribution >= 0.6 is 47.1 Å². The van der Waals surface area contributed by atoms with E-state index >= 15 is 0 Å². The van der Waals surface area contributed by atoms with Crippen molar-refractivity contribution < 1.29 is 24.6 Å². The quantitative estimate of drug-likeness (QED) is 0.520. The summed E-state index contributed by atoms with van der Waals surface area (Å²) in [6, 6.07) is 7.82. The van der Waals surface area contributed by atoms with Crippen LogP contribution in [0.2, 0.25) is 0 Å². The minimum atomic E-state index is -1.50. The van der Waals surface area contributed by atoms with Crippen LogP contribution in [0.4, 0.5) is 5.69 Å². The standard InChI is InChI=1S/C20H15N3O6S4/c1-21-10-4-2-3-5-11(10)31-13(21)7-6-12-17(28)22(8-14(24)25)19(32-12)16-18(29)23(9-15(26)27)20(30)33-16/h2-7H,8-9H2,1H3,(H,24,25)(H,26,27)/p-1/b12-6?,13-7?,19-16-. The molecule has 3 heterocycles. The van der Waals surface area contributed by atoms with Gasteiger partial charge in [-0.05, 0) is 24.3 Å². The molecule has 1 amide bonds. The lowest BCUT2D eigenvalue weighted by atomic mass is 10.3. The number of benzene rings is 1. The predicted molar refractivity (Wildman–Crippen MR) is 129 cm³/mol. The molecule has 2 aromatic rings. The van der Waals surface area contributed by atoms with E-state index in [0.717, 1.165) is 48.2 Å². The molecule has 1 N–H and O–H groups in total. The number of hydrogen-bond donors (Lipinski definition) is 1. The molecule has 1 fully saturated rings. The summed E-state index contributed by atoms with van der Waals surface area (Å²) in [5.41, 5.74) is 0.432. The average molecular weight is 521 g/mol. The zero-order valence-corrected chi connectivity index (χ0v) is 20.1. The second-order valence-corrected chi connectivity index (χ2v) is 10.6. The topological polar surface area (TPSA) is 123 Å². The highest BCUT2D eigenvalue weighted by atomic mass is 32.2. The van der Waals surface area contributed by atoms with Crippen LogP contribution in [0.15, 0.2) is 45.1 Å². The molecule has 0 radical (unpaired) electrons. The second kappa shape index (κ2) is 9.17. The highest BCUT2D eigenvalue weighted by Gasteiger charge is 2.35. The number of thiazole rings is 1. The van der Waals surface area contributed by atoms with Crippen LogP contribution in [0.1, 0.15) is 0 Å². The molecule has 0 unspecified atom stereocenters. The first-order chi connectivity index (χ1) is 15.7. The van der Waals surface area contributed by atoms with E-state index in [1.165, 1.54) is 11.8 Å². The number of nitrogens with zero attached hydrogens (tertiary/aromatic N) is 3. The van der Waals surface area contributed by atoms with Gasteiger partial charge in [0.25, 0.3) is 11.5 Å².